The maximum absolute atomic E-state index is 12.7. The molecule has 0 bridgehead atoms. The van der Waals surface area contributed by atoms with Gasteiger partial charge in [0.05, 0.1) is 28.8 Å². The number of carbonyl (C=O) groups excluding carboxylic acids is 1. The molecule has 1 aromatic rings. The van der Waals surface area contributed by atoms with Crippen LogP contribution in [0.25, 0.3) is 0 Å². The number of nitrogens with zero attached hydrogens (tertiary/aromatic N) is 2. The fourth-order valence-electron chi connectivity index (χ4n) is 4.74. The van der Waals surface area contributed by atoms with E-state index in [1.54, 1.807) is 6.07 Å². The van der Waals surface area contributed by atoms with Crippen LogP contribution in [0.15, 0.2) is 12.1 Å². The maximum atomic E-state index is 12.7. The third-order valence-corrected chi connectivity index (χ3v) is 6.87. The number of aromatic hydroxyl groups is 1. The zero-order valence-electron chi connectivity index (χ0n) is 14.2. The molecule has 2 saturated heterocycles. The molecule has 26 heavy (non-hydrogen) atoms. The monoisotopic (exact) mass is 400 g/mol. The molecule has 142 valence electrons. The van der Waals surface area contributed by atoms with E-state index in [4.69, 9.17) is 23.2 Å². The van der Waals surface area contributed by atoms with Crippen molar-refractivity contribution >= 4 is 29.1 Å². The van der Waals surface area contributed by atoms with E-state index >= 15 is 0 Å². The highest BCUT2D eigenvalue weighted by Gasteiger charge is 2.46. The summed E-state index contributed by atoms with van der Waals surface area (Å²) in [5.41, 5.74) is 0.601. The topological polar surface area (TPSA) is 84.2 Å². The highest BCUT2D eigenvalue weighted by molar-refractivity contribution is 6.42. The number of phenols is 1. The van der Waals surface area contributed by atoms with Gasteiger partial charge in [0.15, 0.2) is 0 Å². The van der Waals surface area contributed by atoms with E-state index in [1.165, 1.54) is 6.07 Å². The smallest absolute Gasteiger partial charge is 0.237 e. The molecule has 3 fully saturated rings. The molecule has 1 aromatic carbocycles. The molecule has 1 saturated carbocycles. The highest BCUT2D eigenvalue weighted by Crippen LogP contribution is 2.44. The number of carbonyl (C=O) groups is 1. The van der Waals surface area contributed by atoms with Gasteiger partial charge in [-0.15, -0.1) is 0 Å². The van der Waals surface area contributed by atoms with Crippen LogP contribution < -0.4 is 0 Å². The third-order valence-electron chi connectivity index (χ3n) is 6.05. The summed E-state index contributed by atoms with van der Waals surface area (Å²) in [6, 6.07) is 2.91. The second kappa shape index (κ2) is 6.84. The number of hydrogen-bond acceptors (Lipinski definition) is 5. The first kappa shape index (κ1) is 18.3. The number of amides is 1. The van der Waals surface area contributed by atoms with E-state index < -0.39 is 12.2 Å². The molecule has 1 amide bonds. The van der Waals surface area contributed by atoms with Crippen molar-refractivity contribution in [2.45, 2.75) is 49.5 Å². The van der Waals surface area contributed by atoms with Crippen LogP contribution >= 0.6 is 23.2 Å². The summed E-state index contributed by atoms with van der Waals surface area (Å²) in [6.07, 6.45) is 0.401. The van der Waals surface area contributed by atoms with Gasteiger partial charge in [0.2, 0.25) is 5.91 Å². The highest BCUT2D eigenvalue weighted by atomic mass is 35.5. The number of fused-ring (bicyclic) bond motifs is 1. The standard InChI is InChI=1S/C18H22Cl2N2O4/c19-11-1-3-13(23)16(17(11)20)9-5-10-7-21(8-15(25)22(10)6-9)12-2-4-14(24)18(12)26/h1,3,9-10,12,14,18,23-24,26H,2,4-8H2/t9-,10-,12?,14+,18-/m0/s1. The van der Waals surface area contributed by atoms with E-state index in [1.807, 2.05) is 9.80 Å². The number of aliphatic hydroxyl groups excluding tert-OH is 2. The largest absolute Gasteiger partial charge is 0.508 e. The van der Waals surface area contributed by atoms with Crippen LogP contribution in [-0.2, 0) is 4.79 Å². The molecule has 6 nitrogen and oxygen atoms in total. The molecule has 0 radical (unpaired) electrons. The van der Waals surface area contributed by atoms with E-state index in [0.29, 0.717) is 48.0 Å². The number of phenolic OH excluding ortho intramolecular Hbond substituents is 1. The summed E-state index contributed by atoms with van der Waals surface area (Å²) in [5.74, 6) is 0.0343. The first-order chi connectivity index (χ1) is 12.4. The van der Waals surface area contributed by atoms with Crippen molar-refractivity contribution in [3.05, 3.63) is 27.7 Å². The molecule has 0 spiro atoms. The number of aliphatic hydroxyl groups is 2. The van der Waals surface area contributed by atoms with Gasteiger partial charge in [0.1, 0.15) is 5.75 Å². The molecule has 8 heteroatoms. The van der Waals surface area contributed by atoms with Crippen molar-refractivity contribution in [2.75, 3.05) is 19.6 Å². The first-order valence-electron chi connectivity index (χ1n) is 8.93. The average Bonchev–Trinajstić information content (AvgIpc) is 3.16. The van der Waals surface area contributed by atoms with E-state index in [2.05, 4.69) is 0 Å². The quantitative estimate of drug-likeness (QED) is 0.701. The maximum Gasteiger partial charge on any atom is 0.237 e. The Labute approximate surface area is 161 Å². The summed E-state index contributed by atoms with van der Waals surface area (Å²) in [5, 5.41) is 31.0. The molecular weight excluding hydrogens is 379 g/mol. The SMILES string of the molecule is O=C1CN(C2CC[C@@H](O)[C@H]2O)C[C@@H]2C[C@H](c3c(O)ccc(Cl)c3Cl)CN12. The number of piperazine rings is 1. The van der Waals surface area contributed by atoms with Gasteiger partial charge in [-0.3, -0.25) is 9.69 Å². The van der Waals surface area contributed by atoms with Crippen molar-refractivity contribution in [2.24, 2.45) is 0 Å². The summed E-state index contributed by atoms with van der Waals surface area (Å²) >= 11 is 12.4. The molecule has 1 unspecified atom stereocenters. The lowest BCUT2D eigenvalue weighted by molar-refractivity contribution is -0.140. The second-order valence-corrected chi connectivity index (χ2v) is 8.34. The summed E-state index contributed by atoms with van der Waals surface area (Å²) in [7, 11) is 0. The Hall–Kier alpha value is -1.05. The van der Waals surface area contributed by atoms with Gasteiger partial charge in [-0.05, 0) is 31.4 Å². The molecular formula is C18H22Cl2N2O4. The van der Waals surface area contributed by atoms with Crippen LogP contribution in [-0.4, -0.2) is 75.0 Å². The molecule has 3 N–H and O–H groups in total. The van der Waals surface area contributed by atoms with Crippen LogP contribution in [0.2, 0.25) is 10.0 Å². The summed E-state index contributed by atoms with van der Waals surface area (Å²) in [6.45, 7) is 1.39. The fraction of sp³-hybridized carbons (Fsp3) is 0.611. The molecule has 1 aliphatic carbocycles. The van der Waals surface area contributed by atoms with Gasteiger partial charge in [0.25, 0.3) is 0 Å². The zero-order valence-corrected chi connectivity index (χ0v) is 15.7. The zero-order chi connectivity index (χ0) is 18.6. The van der Waals surface area contributed by atoms with Crippen molar-refractivity contribution in [1.82, 2.24) is 9.80 Å². The van der Waals surface area contributed by atoms with Crippen molar-refractivity contribution in [3.63, 3.8) is 0 Å². The summed E-state index contributed by atoms with van der Waals surface area (Å²) < 4.78 is 0. The molecule has 3 aliphatic rings. The van der Waals surface area contributed by atoms with Crippen LogP contribution in [0.5, 0.6) is 5.75 Å². The molecule has 2 heterocycles. The number of halogens is 2. The molecule has 0 aromatic heterocycles. The Kier molecular flexibility index (Phi) is 4.82. The average molecular weight is 401 g/mol. The lowest BCUT2D eigenvalue weighted by Gasteiger charge is -2.41. The lowest BCUT2D eigenvalue weighted by atomic mass is 9.95. The van der Waals surface area contributed by atoms with Crippen molar-refractivity contribution in [1.29, 1.82) is 0 Å². The number of benzene rings is 1. The fourth-order valence-corrected chi connectivity index (χ4v) is 5.22. The van der Waals surface area contributed by atoms with Gasteiger partial charge in [-0.2, -0.15) is 0 Å². The first-order valence-corrected chi connectivity index (χ1v) is 9.69. The normalized spacial score (nSPS) is 35.2. The third kappa shape index (κ3) is 2.98. The predicted molar refractivity (Wildman–Crippen MR) is 97.6 cm³/mol. The minimum atomic E-state index is -0.807. The van der Waals surface area contributed by atoms with Gasteiger partial charge < -0.3 is 20.2 Å². The number of rotatable bonds is 2. The second-order valence-electron chi connectivity index (χ2n) is 7.56. The van der Waals surface area contributed by atoms with Gasteiger partial charge in [0, 0.05) is 36.7 Å². The van der Waals surface area contributed by atoms with E-state index in [0.717, 1.165) is 0 Å². The Bertz CT molecular complexity index is 731. The van der Waals surface area contributed by atoms with E-state index in [-0.39, 0.29) is 36.2 Å². The van der Waals surface area contributed by atoms with Crippen LogP contribution in [0.1, 0.15) is 30.7 Å². The van der Waals surface area contributed by atoms with Gasteiger partial charge in [-0.1, -0.05) is 23.2 Å². The van der Waals surface area contributed by atoms with Crippen LogP contribution in [0, 0.1) is 0 Å². The predicted octanol–water partition coefficient (Wildman–Crippen LogP) is 1.58. The van der Waals surface area contributed by atoms with Gasteiger partial charge in [-0.25, -0.2) is 0 Å². The van der Waals surface area contributed by atoms with Crippen LogP contribution in [0.4, 0.5) is 0 Å². The Morgan fingerprint density at radius 2 is 1.88 bits per heavy atom. The minimum absolute atomic E-state index is 0.000594. The van der Waals surface area contributed by atoms with Crippen molar-refractivity contribution in [3.8, 4) is 5.75 Å². The Balaban J connectivity index is 1.54. The van der Waals surface area contributed by atoms with E-state index in [9.17, 15) is 20.1 Å². The molecule has 2 aliphatic heterocycles. The number of hydrogen-bond donors (Lipinski definition) is 3. The Morgan fingerprint density at radius 1 is 1.12 bits per heavy atom. The molecule has 5 atom stereocenters. The summed E-state index contributed by atoms with van der Waals surface area (Å²) in [4.78, 5) is 16.5. The molecule has 4 rings (SSSR count). The van der Waals surface area contributed by atoms with Crippen molar-refractivity contribution < 1.29 is 20.1 Å². The minimum Gasteiger partial charge on any atom is -0.508 e. The van der Waals surface area contributed by atoms with Crippen LogP contribution in [0.3, 0.4) is 0 Å². The Morgan fingerprint density at radius 3 is 2.58 bits per heavy atom. The lowest BCUT2D eigenvalue weighted by Crippen LogP contribution is -2.58. The van der Waals surface area contributed by atoms with Gasteiger partial charge >= 0.3 is 0 Å².